The van der Waals surface area contributed by atoms with E-state index in [0.717, 1.165) is 13.1 Å². The minimum absolute atomic E-state index is 0.200. The van der Waals surface area contributed by atoms with Crippen LogP contribution >= 0.6 is 0 Å². The smallest absolute Gasteiger partial charge is 0.249 e. The summed E-state index contributed by atoms with van der Waals surface area (Å²) in [6.45, 7) is 6.77. The largest absolute Gasteiger partial charge is 0.358 e. The second-order valence-corrected chi connectivity index (χ2v) is 7.03. The summed E-state index contributed by atoms with van der Waals surface area (Å²) in [7, 11) is 0. The van der Waals surface area contributed by atoms with Gasteiger partial charge in [-0.25, -0.2) is 4.98 Å². The number of nitrogens with zero attached hydrogens (tertiary/aromatic N) is 2. The van der Waals surface area contributed by atoms with Gasteiger partial charge in [0.2, 0.25) is 11.8 Å². The van der Waals surface area contributed by atoms with Crippen molar-refractivity contribution < 1.29 is 9.59 Å². The Morgan fingerprint density at radius 3 is 2.54 bits per heavy atom. The molecule has 1 atom stereocenters. The Hall–Kier alpha value is -1.95. The molecule has 1 aromatic heterocycles. The van der Waals surface area contributed by atoms with Gasteiger partial charge in [0.15, 0.2) is 0 Å². The average molecular weight is 330 g/mol. The van der Waals surface area contributed by atoms with Gasteiger partial charge in [-0.15, -0.1) is 0 Å². The maximum Gasteiger partial charge on any atom is 0.249 e. The number of likely N-dealkylation sites (tertiary alicyclic amines) is 1. The van der Waals surface area contributed by atoms with E-state index in [4.69, 9.17) is 0 Å². The van der Waals surface area contributed by atoms with Gasteiger partial charge in [0.25, 0.3) is 0 Å². The predicted molar refractivity (Wildman–Crippen MR) is 92.7 cm³/mol. The fourth-order valence-corrected chi connectivity index (χ4v) is 3.49. The summed E-state index contributed by atoms with van der Waals surface area (Å²) >= 11 is 0. The van der Waals surface area contributed by atoms with Crippen molar-refractivity contribution in [3.8, 4) is 0 Å². The molecule has 24 heavy (non-hydrogen) atoms. The van der Waals surface area contributed by atoms with Crippen molar-refractivity contribution in [3.05, 3.63) is 23.9 Å². The molecule has 6 nitrogen and oxygen atoms in total. The van der Waals surface area contributed by atoms with E-state index < -0.39 is 0 Å². The number of imide groups is 1. The molecular formula is C18H26N4O2. The molecule has 3 rings (SSSR count). The lowest BCUT2D eigenvalue weighted by molar-refractivity contribution is -0.133. The van der Waals surface area contributed by atoms with Crippen LogP contribution in [-0.2, 0) is 9.59 Å². The number of hydrogen-bond acceptors (Lipinski definition) is 5. The quantitative estimate of drug-likeness (QED) is 0.825. The Balaban J connectivity index is 1.56. The lowest BCUT2D eigenvalue weighted by atomic mass is 9.90. The first-order valence-corrected chi connectivity index (χ1v) is 8.83. The van der Waals surface area contributed by atoms with Crippen LogP contribution < -0.4 is 10.6 Å². The van der Waals surface area contributed by atoms with E-state index in [1.54, 1.807) is 0 Å². The number of carbonyl (C=O) groups is 2. The summed E-state index contributed by atoms with van der Waals surface area (Å²) in [5.41, 5.74) is 1.27. The first-order chi connectivity index (χ1) is 11.5. The van der Waals surface area contributed by atoms with Crippen molar-refractivity contribution in [2.45, 2.75) is 57.5 Å². The van der Waals surface area contributed by atoms with E-state index in [0.29, 0.717) is 30.6 Å². The van der Waals surface area contributed by atoms with E-state index in [-0.39, 0.29) is 17.9 Å². The van der Waals surface area contributed by atoms with Crippen molar-refractivity contribution in [2.75, 3.05) is 18.4 Å². The van der Waals surface area contributed by atoms with Gasteiger partial charge in [-0.2, -0.15) is 0 Å². The number of amides is 2. The average Bonchev–Trinajstić information content (AvgIpc) is 2.58. The highest BCUT2D eigenvalue weighted by atomic mass is 16.2. The van der Waals surface area contributed by atoms with Gasteiger partial charge in [0.1, 0.15) is 11.9 Å². The molecule has 130 valence electrons. The summed E-state index contributed by atoms with van der Waals surface area (Å²) in [5, 5.41) is 5.47. The third-order valence-corrected chi connectivity index (χ3v) is 5.08. The molecule has 0 saturated carbocycles. The third kappa shape index (κ3) is 3.93. The van der Waals surface area contributed by atoms with E-state index in [2.05, 4.69) is 40.4 Å². The highest BCUT2D eigenvalue weighted by Crippen LogP contribution is 2.28. The van der Waals surface area contributed by atoms with Crippen molar-refractivity contribution in [1.82, 2.24) is 15.2 Å². The van der Waals surface area contributed by atoms with Gasteiger partial charge < -0.3 is 10.2 Å². The van der Waals surface area contributed by atoms with Crippen LogP contribution in [0.3, 0.4) is 0 Å². The molecule has 0 spiro atoms. The first kappa shape index (κ1) is 16.9. The van der Waals surface area contributed by atoms with E-state index in [1.165, 1.54) is 18.4 Å². The number of carbonyl (C=O) groups excluding carboxylic acids is 2. The zero-order chi connectivity index (χ0) is 17.1. The standard InChI is InChI=1S/C18H26N4O2/c1-12(2)22-9-7-13(8-10-22)14-3-5-16(19-11-14)20-15-4-6-17(23)21-18(15)24/h3,5,11-13,15H,4,6-10H2,1-2H3,(H,19,20)(H,21,23,24). The van der Waals surface area contributed by atoms with Crippen LogP contribution in [0.4, 0.5) is 5.82 Å². The van der Waals surface area contributed by atoms with Gasteiger partial charge in [0, 0.05) is 18.7 Å². The summed E-state index contributed by atoms with van der Waals surface area (Å²) in [5.74, 6) is 0.789. The Morgan fingerprint density at radius 2 is 1.96 bits per heavy atom. The summed E-state index contributed by atoms with van der Waals surface area (Å²) in [6.07, 6.45) is 5.14. The SMILES string of the molecule is CC(C)N1CCC(c2ccc(NC3CCC(=O)NC3=O)nc2)CC1. The van der Waals surface area contributed by atoms with Crippen LogP contribution in [-0.4, -0.2) is 46.9 Å². The molecule has 2 saturated heterocycles. The Labute approximate surface area is 143 Å². The molecule has 2 amide bonds. The lowest BCUT2D eigenvalue weighted by Gasteiger charge is -2.34. The molecule has 6 heteroatoms. The lowest BCUT2D eigenvalue weighted by Crippen LogP contribution is -2.47. The van der Waals surface area contributed by atoms with Gasteiger partial charge in [-0.05, 0) is 63.7 Å². The molecule has 2 fully saturated rings. The van der Waals surface area contributed by atoms with Crippen molar-refractivity contribution in [2.24, 2.45) is 0 Å². The number of anilines is 1. The zero-order valence-corrected chi connectivity index (χ0v) is 14.4. The van der Waals surface area contributed by atoms with E-state index in [1.807, 2.05) is 12.3 Å². The molecule has 2 aliphatic rings. The van der Waals surface area contributed by atoms with Gasteiger partial charge >= 0.3 is 0 Å². The summed E-state index contributed by atoms with van der Waals surface area (Å²) < 4.78 is 0. The highest BCUT2D eigenvalue weighted by Gasteiger charge is 2.27. The van der Waals surface area contributed by atoms with E-state index >= 15 is 0 Å². The Morgan fingerprint density at radius 1 is 1.21 bits per heavy atom. The molecule has 0 bridgehead atoms. The number of nitrogens with one attached hydrogen (secondary N) is 2. The number of hydrogen-bond donors (Lipinski definition) is 2. The molecule has 3 heterocycles. The summed E-state index contributed by atoms with van der Waals surface area (Å²) in [6, 6.07) is 4.28. The van der Waals surface area contributed by atoms with Gasteiger partial charge in [-0.1, -0.05) is 6.07 Å². The zero-order valence-electron chi connectivity index (χ0n) is 14.4. The molecule has 2 N–H and O–H groups in total. The molecule has 0 aliphatic carbocycles. The van der Waals surface area contributed by atoms with E-state index in [9.17, 15) is 9.59 Å². The van der Waals surface area contributed by atoms with Gasteiger partial charge in [-0.3, -0.25) is 14.9 Å². The van der Waals surface area contributed by atoms with Gasteiger partial charge in [0.05, 0.1) is 0 Å². The van der Waals surface area contributed by atoms with Crippen molar-refractivity contribution in [3.63, 3.8) is 0 Å². The molecular weight excluding hydrogens is 304 g/mol. The number of pyridine rings is 1. The summed E-state index contributed by atoms with van der Waals surface area (Å²) in [4.78, 5) is 29.9. The minimum atomic E-state index is -0.379. The topological polar surface area (TPSA) is 74.3 Å². The van der Waals surface area contributed by atoms with Crippen molar-refractivity contribution >= 4 is 17.6 Å². The normalized spacial score (nSPS) is 23.4. The Bertz CT molecular complexity index is 592. The maximum absolute atomic E-state index is 11.8. The number of rotatable bonds is 4. The molecule has 0 radical (unpaired) electrons. The molecule has 0 aromatic carbocycles. The monoisotopic (exact) mass is 330 g/mol. The van der Waals surface area contributed by atoms with Crippen molar-refractivity contribution in [1.29, 1.82) is 0 Å². The third-order valence-electron chi connectivity index (χ3n) is 5.08. The molecule has 1 aromatic rings. The molecule has 2 aliphatic heterocycles. The van der Waals surface area contributed by atoms with Crippen LogP contribution in [0.5, 0.6) is 0 Å². The number of aromatic nitrogens is 1. The van der Waals surface area contributed by atoms with Crippen LogP contribution in [0, 0.1) is 0 Å². The second-order valence-electron chi connectivity index (χ2n) is 7.03. The fourth-order valence-electron chi connectivity index (χ4n) is 3.49. The van der Waals surface area contributed by atoms with Crippen LogP contribution in [0.15, 0.2) is 18.3 Å². The molecule has 1 unspecified atom stereocenters. The highest BCUT2D eigenvalue weighted by molar-refractivity contribution is 6.01. The Kier molecular flexibility index (Phi) is 5.14. The predicted octanol–water partition coefficient (Wildman–Crippen LogP) is 1.89. The minimum Gasteiger partial charge on any atom is -0.358 e. The second kappa shape index (κ2) is 7.30. The van der Waals surface area contributed by atoms with Crippen LogP contribution in [0.25, 0.3) is 0 Å². The van der Waals surface area contributed by atoms with Crippen LogP contribution in [0.1, 0.15) is 51.0 Å². The maximum atomic E-state index is 11.8. The first-order valence-electron chi connectivity index (χ1n) is 8.83. The van der Waals surface area contributed by atoms with Crippen LogP contribution in [0.2, 0.25) is 0 Å². The number of piperidine rings is 2. The fraction of sp³-hybridized carbons (Fsp3) is 0.611.